The lowest BCUT2D eigenvalue weighted by Crippen LogP contribution is -2.47. The van der Waals surface area contributed by atoms with E-state index in [0.29, 0.717) is 18.0 Å². The van der Waals surface area contributed by atoms with Crippen LogP contribution in [0, 0.1) is 0 Å². The molecule has 1 aliphatic rings. The first kappa shape index (κ1) is 20.2. The Bertz CT molecular complexity index is 617. The first-order valence-corrected chi connectivity index (χ1v) is 9.71. The van der Waals surface area contributed by atoms with E-state index in [2.05, 4.69) is 10.6 Å². The molecule has 0 bridgehead atoms. The van der Waals surface area contributed by atoms with Crippen molar-refractivity contribution >= 4 is 29.2 Å². The molecule has 2 rings (SSSR count). The number of piperidine rings is 1. The molecule has 0 radical (unpaired) electrons. The van der Waals surface area contributed by atoms with Crippen LogP contribution < -0.4 is 10.6 Å². The van der Waals surface area contributed by atoms with Gasteiger partial charge in [0, 0.05) is 32.1 Å². The van der Waals surface area contributed by atoms with Gasteiger partial charge >= 0.3 is 6.09 Å². The lowest BCUT2D eigenvalue weighted by atomic mass is 10.0. The van der Waals surface area contributed by atoms with Gasteiger partial charge in [-0.1, -0.05) is 6.07 Å². The molecule has 2 heterocycles. The van der Waals surface area contributed by atoms with Crippen molar-refractivity contribution in [1.82, 2.24) is 15.5 Å². The fourth-order valence-corrected chi connectivity index (χ4v) is 3.31. The maximum absolute atomic E-state index is 12.2. The topological polar surface area (TPSA) is 87.7 Å². The number of rotatable bonds is 5. The molecule has 2 N–H and O–H groups in total. The summed E-state index contributed by atoms with van der Waals surface area (Å²) in [7, 11) is 0. The minimum Gasteiger partial charge on any atom is -0.444 e. The smallest absolute Gasteiger partial charge is 0.407 e. The lowest BCUT2D eigenvalue weighted by Gasteiger charge is -2.32. The zero-order chi connectivity index (χ0) is 19.2. The van der Waals surface area contributed by atoms with E-state index in [0.717, 1.165) is 12.8 Å². The number of hydrogen-bond acceptors (Lipinski definition) is 5. The van der Waals surface area contributed by atoms with Gasteiger partial charge in [0.2, 0.25) is 5.91 Å². The van der Waals surface area contributed by atoms with Crippen molar-refractivity contribution in [3.8, 4) is 0 Å². The Morgan fingerprint density at radius 3 is 2.54 bits per heavy atom. The first-order valence-electron chi connectivity index (χ1n) is 8.83. The zero-order valence-electron chi connectivity index (χ0n) is 15.5. The molecule has 144 valence electrons. The van der Waals surface area contributed by atoms with Crippen molar-refractivity contribution in [2.45, 2.75) is 51.7 Å². The summed E-state index contributed by atoms with van der Waals surface area (Å²) in [5, 5.41) is 7.49. The van der Waals surface area contributed by atoms with Crippen LogP contribution in [0.1, 0.15) is 49.7 Å². The summed E-state index contributed by atoms with van der Waals surface area (Å²) in [6, 6.07) is 3.75. The van der Waals surface area contributed by atoms with E-state index < -0.39 is 11.7 Å². The number of thiophene rings is 1. The Hall–Kier alpha value is -2.09. The molecular formula is C18H27N3O4S. The number of amides is 3. The highest BCUT2D eigenvalue weighted by Crippen LogP contribution is 2.14. The second kappa shape index (κ2) is 9.02. The second-order valence-electron chi connectivity index (χ2n) is 7.28. The standard InChI is InChI=1S/C18H27N3O4S/c1-18(2,3)25-17(24)19-9-6-15(22)21-10-7-13(8-11-21)20-16(23)14-5-4-12-26-14/h4-5,12-13H,6-11H2,1-3H3,(H,19,24)(H,20,23). The van der Waals surface area contributed by atoms with E-state index in [-0.39, 0.29) is 30.8 Å². The summed E-state index contributed by atoms with van der Waals surface area (Å²) in [6.45, 7) is 6.85. The number of ether oxygens (including phenoxy) is 1. The van der Waals surface area contributed by atoms with Crippen molar-refractivity contribution < 1.29 is 19.1 Å². The average molecular weight is 381 g/mol. The summed E-state index contributed by atoms with van der Waals surface area (Å²) >= 11 is 1.42. The summed E-state index contributed by atoms with van der Waals surface area (Å²) in [5.41, 5.74) is -0.552. The predicted molar refractivity (Wildman–Crippen MR) is 100 cm³/mol. The number of likely N-dealkylation sites (tertiary alicyclic amines) is 1. The Kier molecular flexibility index (Phi) is 7.02. The molecule has 1 aliphatic heterocycles. The molecule has 0 spiro atoms. The molecule has 1 aromatic rings. The first-order chi connectivity index (χ1) is 12.2. The zero-order valence-corrected chi connectivity index (χ0v) is 16.4. The predicted octanol–water partition coefficient (Wildman–Crippen LogP) is 2.38. The average Bonchev–Trinajstić information content (AvgIpc) is 3.08. The lowest BCUT2D eigenvalue weighted by molar-refractivity contribution is -0.132. The molecule has 26 heavy (non-hydrogen) atoms. The SMILES string of the molecule is CC(C)(C)OC(=O)NCCC(=O)N1CCC(NC(=O)c2cccs2)CC1. The van der Waals surface area contributed by atoms with Gasteiger partial charge < -0.3 is 20.3 Å². The highest BCUT2D eigenvalue weighted by Gasteiger charge is 2.24. The third-order valence-electron chi connectivity index (χ3n) is 3.93. The Morgan fingerprint density at radius 1 is 1.27 bits per heavy atom. The van der Waals surface area contributed by atoms with Crippen LogP contribution in [-0.4, -0.2) is 54.1 Å². The Morgan fingerprint density at radius 2 is 1.96 bits per heavy atom. The summed E-state index contributed by atoms with van der Waals surface area (Å²) in [5.74, 6) is -0.0459. The molecular weight excluding hydrogens is 354 g/mol. The number of nitrogens with zero attached hydrogens (tertiary/aromatic N) is 1. The number of carbonyl (C=O) groups excluding carboxylic acids is 3. The van der Waals surface area contributed by atoms with Gasteiger partial charge in [-0.05, 0) is 45.1 Å². The maximum atomic E-state index is 12.2. The minimum absolute atomic E-state index is 0.00379. The van der Waals surface area contributed by atoms with Crippen LogP contribution >= 0.6 is 11.3 Å². The Labute approximate surface area is 158 Å². The molecule has 1 aromatic heterocycles. The molecule has 0 aromatic carbocycles. The third-order valence-corrected chi connectivity index (χ3v) is 4.80. The molecule has 1 saturated heterocycles. The second-order valence-corrected chi connectivity index (χ2v) is 8.23. The molecule has 3 amide bonds. The van der Waals surface area contributed by atoms with Gasteiger partial charge in [-0.25, -0.2) is 4.79 Å². The molecule has 7 nitrogen and oxygen atoms in total. The van der Waals surface area contributed by atoms with E-state index in [1.54, 1.807) is 31.7 Å². The number of carbonyl (C=O) groups is 3. The van der Waals surface area contributed by atoms with Gasteiger partial charge in [0.05, 0.1) is 4.88 Å². The van der Waals surface area contributed by atoms with Crippen LogP contribution in [0.25, 0.3) is 0 Å². The summed E-state index contributed by atoms with van der Waals surface area (Å²) in [4.78, 5) is 38.3. The molecule has 8 heteroatoms. The quantitative estimate of drug-likeness (QED) is 0.820. The van der Waals surface area contributed by atoms with Crippen LogP contribution in [0.3, 0.4) is 0 Å². The fourth-order valence-electron chi connectivity index (χ4n) is 2.68. The van der Waals surface area contributed by atoms with Crippen LogP contribution in [0.5, 0.6) is 0 Å². The van der Waals surface area contributed by atoms with Gasteiger partial charge in [0.15, 0.2) is 0 Å². The number of hydrogen-bond donors (Lipinski definition) is 2. The normalized spacial score (nSPS) is 15.4. The van der Waals surface area contributed by atoms with Crippen LogP contribution in [0.15, 0.2) is 17.5 Å². The molecule has 0 saturated carbocycles. The number of alkyl carbamates (subject to hydrolysis) is 1. The van der Waals surface area contributed by atoms with Crippen LogP contribution in [0.4, 0.5) is 4.79 Å². The van der Waals surface area contributed by atoms with Crippen molar-refractivity contribution in [2.75, 3.05) is 19.6 Å². The van der Waals surface area contributed by atoms with Crippen LogP contribution in [-0.2, 0) is 9.53 Å². The summed E-state index contributed by atoms with van der Waals surface area (Å²) < 4.78 is 5.13. The highest BCUT2D eigenvalue weighted by molar-refractivity contribution is 7.12. The van der Waals surface area contributed by atoms with E-state index in [9.17, 15) is 14.4 Å². The minimum atomic E-state index is -0.552. The van der Waals surface area contributed by atoms with Gasteiger partial charge in [-0.2, -0.15) is 0 Å². The van der Waals surface area contributed by atoms with E-state index in [1.165, 1.54) is 11.3 Å². The molecule has 0 aliphatic carbocycles. The van der Waals surface area contributed by atoms with Crippen molar-refractivity contribution in [3.05, 3.63) is 22.4 Å². The summed E-state index contributed by atoms with van der Waals surface area (Å²) in [6.07, 6.45) is 1.20. The molecule has 0 unspecified atom stereocenters. The Balaban J connectivity index is 1.65. The van der Waals surface area contributed by atoms with E-state index in [1.807, 2.05) is 11.4 Å². The van der Waals surface area contributed by atoms with E-state index in [4.69, 9.17) is 4.74 Å². The van der Waals surface area contributed by atoms with Crippen molar-refractivity contribution in [1.29, 1.82) is 0 Å². The van der Waals surface area contributed by atoms with Crippen molar-refractivity contribution in [2.24, 2.45) is 0 Å². The third kappa shape index (κ3) is 6.67. The molecule has 1 fully saturated rings. The van der Waals surface area contributed by atoms with Crippen molar-refractivity contribution in [3.63, 3.8) is 0 Å². The van der Waals surface area contributed by atoms with Gasteiger partial charge in [0.1, 0.15) is 5.60 Å². The molecule has 0 atom stereocenters. The fraction of sp³-hybridized carbons (Fsp3) is 0.611. The van der Waals surface area contributed by atoms with E-state index >= 15 is 0 Å². The van der Waals surface area contributed by atoms with Gasteiger partial charge in [0.25, 0.3) is 5.91 Å². The monoisotopic (exact) mass is 381 g/mol. The maximum Gasteiger partial charge on any atom is 0.407 e. The largest absolute Gasteiger partial charge is 0.444 e. The van der Waals surface area contributed by atoms with Gasteiger partial charge in [-0.15, -0.1) is 11.3 Å². The highest BCUT2D eigenvalue weighted by atomic mass is 32.1. The van der Waals surface area contributed by atoms with Gasteiger partial charge in [-0.3, -0.25) is 9.59 Å². The number of nitrogens with one attached hydrogen (secondary N) is 2. The van der Waals surface area contributed by atoms with Crippen LogP contribution in [0.2, 0.25) is 0 Å².